The molecule has 2 bridgehead atoms. The molecule has 1 aromatic rings. The second-order valence-corrected chi connectivity index (χ2v) is 10.7. The molecule has 7 nitrogen and oxygen atoms in total. The van der Waals surface area contributed by atoms with Crippen molar-refractivity contribution < 1.29 is 17.9 Å². The van der Waals surface area contributed by atoms with E-state index < -0.39 is 15.4 Å². The second kappa shape index (κ2) is 6.51. The lowest BCUT2D eigenvalue weighted by atomic mass is 9.70. The summed E-state index contributed by atoms with van der Waals surface area (Å²) >= 11 is 0. The van der Waals surface area contributed by atoms with E-state index in [1.54, 1.807) is 16.6 Å². The molecular weight excluding hydrogens is 366 g/mol. The van der Waals surface area contributed by atoms with E-state index in [2.05, 4.69) is 23.8 Å². The van der Waals surface area contributed by atoms with E-state index in [-0.39, 0.29) is 23.1 Å². The molecule has 3 fully saturated rings. The molecule has 0 spiro atoms. The predicted molar refractivity (Wildman–Crippen MR) is 99.6 cm³/mol. The molecule has 0 N–H and O–H groups in total. The maximum Gasteiger partial charge on any atom is 0.216 e. The highest BCUT2D eigenvalue weighted by molar-refractivity contribution is 7.89. The predicted octanol–water partition coefficient (Wildman–Crippen LogP) is 2.04. The number of hydrogen-bond acceptors (Lipinski definition) is 6. The number of hydrogen-bond donors (Lipinski definition) is 0. The summed E-state index contributed by atoms with van der Waals surface area (Å²) in [5.74, 6) is 0.946. The molecule has 0 radical (unpaired) electrons. The SMILES string of the molecule is CC1(C)C2CCC1(CS(=O)(=O)N1CCC(Oc3ccncn3)CC1)C(=O)C2. The first-order valence-electron chi connectivity index (χ1n) is 9.68. The third-order valence-electron chi connectivity index (χ3n) is 7.20. The van der Waals surface area contributed by atoms with Crippen LogP contribution in [0.3, 0.4) is 0 Å². The molecule has 3 aliphatic rings. The van der Waals surface area contributed by atoms with Crippen molar-refractivity contribution in [1.29, 1.82) is 0 Å². The zero-order chi connectivity index (χ0) is 19.3. The summed E-state index contributed by atoms with van der Waals surface area (Å²) in [4.78, 5) is 20.6. The van der Waals surface area contributed by atoms with Crippen molar-refractivity contribution in [3.63, 3.8) is 0 Å². The minimum absolute atomic E-state index is 0.0419. The van der Waals surface area contributed by atoms with Gasteiger partial charge in [0.25, 0.3) is 0 Å². The van der Waals surface area contributed by atoms with Gasteiger partial charge in [0.1, 0.15) is 18.2 Å². The quantitative estimate of drug-likeness (QED) is 0.761. The van der Waals surface area contributed by atoms with Crippen LogP contribution in [0.1, 0.15) is 46.0 Å². The molecule has 0 amide bonds. The zero-order valence-electron chi connectivity index (χ0n) is 15.9. The summed E-state index contributed by atoms with van der Waals surface area (Å²) in [6, 6.07) is 1.70. The summed E-state index contributed by atoms with van der Waals surface area (Å²) in [6.07, 6.45) is 6.45. The molecule has 8 heteroatoms. The van der Waals surface area contributed by atoms with Crippen LogP contribution in [0.4, 0.5) is 0 Å². The van der Waals surface area contributed by atoms with Crippen LogP contribution in [0.2, 0.25) is 0 Å². The second-order valence-electron chi connectivity index (χ2n) is 8.69. The average molecular weight is 394 g/mol. The number of Topliss-reactive ketones (excluding diaryl/α,β-unsaturated/α-hetero) is 1. The molecular formula is C19H27N3O4S. The monoisotopic (exact) mass is 393 g/mol. The van der Waals surface area contributed by atoms with Crippen molar-refractivity contribution in [2.45, 2.75) is 52.1 Å². The van der Waals surface area contributed by atoms with Gasteiger partial charge in [-0.1, -0.05) is 13.8 Å². The third kappa shape index (κ3) is 3.06. The van der Waals surface area contributed by atoms with Crippen LogP contribution < -0.4 is 4.74 Å². The Labute approximate surface area is 160 Å². The molecule has 148 valence electrons. The van der Waals surface area contributed by atoms with Gasteiger partial charge in [0.05, 0.1) is 5.75 Å². The maximum atomic E-state index is 13.1. The molecule has 2 aliphatic carbocycles. The van der Waals surface area contributed by atoms with Gasteiger partial charge in [0.15, 0.2) is 0 Å². The highest BCUT2D eigenvalue weighted by Crippen LogP contribution is 2.64. The summed E-state index contributed by atoms with van der Waals surface area (Å²) in [5, 5.41) is 0. The smallest absolute Gasteiger partial charge is 0.216 e. The van der Waals surface area contributed by atoms with E-state index in [1.807, 2.05) is 0 Å². The fourth-order valence-corrected chi connectivity index (χ4v) is 7.51. The molecule has 0 aromatic carbocycles. The lowest BCUT2D eigenvalue weighted by Crippen LogP contribution is -2.49. The number of carbonyl (C=O) groups excluding carboxylic acids is 1. The first-order chi connectivity index (χ1) is 12.7. The van der Waals surface area contributed by atoms with E-state index in [0.29, 0.717) is 50.6 Å². The third-order valence-corrected chi connectivity index (χ3v) is 9.21. The summed E-state index contributed by atoms with van der Waals surface area (Å²) in [7, 11) is -3.48. The van der Waals surface area contributed by atoms with Crippen molar-refractivity contribution in [1.82, 2.24) is 14.3 Å². The van der Waals surface area contributed by atoms with Gasteiger partial charge in [-0.25, -0.2) is 22.7 Å². The molecule has 2 heterocycles. The van der Waals surface area contributed by atoms with Crippen molar-refractivity contribution in [3.8, 4) is 5.88 Å². The lowest BCUT2D eigenvalue weighted by molar-refractivity contribution is -0.128. The number of fused-ring (bicyclic) bond motifs is 2. The van der Waals surface area contributed by atoms with E-state index >= 15 is 0 Å². The maximum absolute atomic E-state index is 13.1. The number of sulfonamides is 1. The number of ketones is 1. The topological polar surface area (TPSA) is 89.5 Å². The fraction of sp³-hybridized carbons (Fsp3) is 0.737. The first kappa shape index (κ1) is 18.8. The van der Waals surface area contributed by atoms with Crippen LogP contribution in [0.25, 0.3) is 0 Å². The van der Waals surface area contributed by atoms with Crippen LogP contribution in [0.5, 0.6) is 5.88 Å². The van der Waals surface area contributed by atoms with Crippen molar-refractivity contribution in [2.75, 3.05) is 18.8 Å². The molecule has 1 saturated heterocycles. The Morgan fingerprint density at radius 1 is 1.26 bits per heavy atom. The van der Waals surface area contributed by atoms with Gasteiger partial charge in [0, 0.05) is 37.2 Å². The number of rotatable bonds is 5. The number of aromatic nitrogens is 2. The van der Waals surface area contributed by atoms with Gasteiger partial charge < -0.3 is 4.74 Å². The van der Waals surface area contributed by atoms with Gasteiger partial charge in [-0.05, 0) is 37.0 Å². The standard InChI is InChI=1S/C19H27N3O4S/c1-18(2)14-3-7-19(18,16(23)11-14)12-27(24,25)22-9-5-15(6-10-22)26-17-4-8-20-13-21-17/h4,8,13-15H,3,5-7,9-12H2,1-2H3. The van der Waals surface area contributed by atoms with Crippen LogP contribution >= 0.6 is 0 Å². The minimum Gasteiger partial charge on any atom is -0.474 e. The van der Waals surface area contributed by atoms with Crippen LogP contribution in [0.15, 0.2) is 18.6 Å². The molecule has 1 aliphatic heterocycles. The summed E-state index contributed by atoms with van der Waals surface area (Å²) < 4.78 is 33.6. The molecule has 1 aromatic heterocycles. The lowest BCUT2D eigenvalue weighted by Gasteiger charge is -2.39. The summed E-state index contributed by atoms with van der Waals surface area (Å²) in [6.45, 7) is 5.00. The van der Waals surface area contributed by atoms with Gasteiger partial charge in [-0.15, -0.1) is 0 Å². The van der Waals surface area contributed by atoms with E-state index in [1.165, 1.54) is 6.33 Å². The fourth-order valence-electron chi connectivity index (χ4n) is 5.26. The minimum atomic E-state index is -3.48. The Morgan fingerprint density at radius 2 is 2.00 bits per heavy atom. The van der Waals surface area contributed by atoms with Crippen molar-refractivity contribution in [3.05, 3.63) is 18.6 Å². The van der Waals surface area contributed by atoms with E-state index in [9.17, 15) is 13.2 Å². The van der Waals surface area contributed by atoms with E-state index in [0.717, 1.165) is 6.42 Å². The van der Waals surface area contributed by atoms with Crippen LogP contribution in [-0.4, -0.2) is 53.4 Å². The Morgan fingerprint density at radius 3 is 2.56 bits per heavy atom. The normalized spacial score (nSPS) is 31.3. The number of piperidine rings is 1. The van der Waals surface area contributed by atoms with Gasteiger partial charge >= 0.3 is 0 Å². The first-order valence-corrected chi connectivity index (χ1v) is 11.3. The molecule has 27 heavy (non-hydrogen) atoms. The Bertz CT molecular complexity index is 819. The van der Waals surface area contributed by atoms with Crippen molar-refractivity contribution >= 4 is 15.8 Å². The molecule has 2 saturated carbocycles. The Balaban J connectivity index is 1.41. The number of nitrogens with zero attached hydrogens (tertiary/aromatic N) is 3. The van der Waals surface area contributed by atoms with Gasteiger partial charge in [0.2, 0.25) is 15.9 Å². The Hall–Kier alpha value is -1.54. The largest absolute Gasteiger partial charge is 0.474 e. The van der Waals surface area contributed by atoms with Gasteiger partial charge in [-0.3, -0.25) is 4.79 Å². The average Bonchev–Trinajstić information content (AvgIpc) is 2.97. The Kier molecular flexibility index (Phi) is 4.54. The highest BCUT2D eigenvalue weighted by Gasteiger charge is 2.65. The number of ether oxygens (including phenoxy) is 1. The van der Waals surface area contributed by atoms with Crippen LogP contribution in [-0.2, 0) is 14.8 Å². The van der Waals surface area contributed by atoms with E-state index in [4.69, 9.17) is 4.74 Å². The zero-order valence-corrected chi connectivity index (χ0v) is 16.7. The highest BCUT2D eigenvalue weighted by atomic mass is 32.2. The van der Waals surface area contributed by atoms with Crippen LogP contribution in [0, 0.1) is 16.7 Å². The summed E-state index contributed by atoms with van der Waals surface area (Å²) in [5.41, 5.74) is -0.934. The van der Waals surface area contributed by atoms with Gasteiger partial charge in [-0.2, -0.15) is 0 Å². The molecule has 4 rings (SSSR count). The van der Waals surface area contributed by atoms with Crippen molar-refractivity contribution in [2.24, 2.45) is 16.7 Å². The molecule has 2 atom stereocenters. The number of carbonyl (C=O) groups is 1. The molecule has 2 unspecified atom stereocenters.